The van der Waals surface area contributed by atoms with Crippen LogP contribution in [0.25, 0.3) is 33.4 Å². The van der Waals surface area contributed by atoms with Crippen LogP contribution < -0.4 is 10.3 Å². The minimum atomic E-state index is -0.00178. The van der Waals surface area contributed by atoms with Gasteiger partial charge in [-0.2, -0.15) is 0 Å². The topological polar surface area (TPSA) is 69.4 Å². The molecule has 2 aromatic carbocycles. The van der Waals surface area contributed by atoms with E-state index < -0.39 is 0 Å². The van der Waals surface area contributed by atoms with Crippen molar-refractivity contribution in [3.05, 3.63) is 71.6 Å². The summed E-state index contributed by atoms with van der Waals surface area (Å²) in [6, 6.07) is 20.4. The van der Waals surface area contributed by atoms with Gasteiger partial charge in [0.1, 0.15) is 11.3 Å². The minimum absolute atomic E-state index is 0.00178. The van der Waals surface area contributed by atoms with Gasteiger partial charge in [0.25, 0.3) is 5.91 Å². The number of carbonyl (C=O) groups is 2. The van der Waals surface area contributed by atoms with Crippen molar-refractivity contribution in [2.45, 2.75) is 72.6 Å². The van der Waals surface area contributed by atoms with E-state index in [0.29, 0.717) is 44.7 Å². The molecule has 3 aliphatic rings. The molecule has 0 bridgehead atoms. The van der Waals surface area contributed by atoms with Gasteiger partial charge in [0, 0.05) is 92.1 Å². The third-order valence-electron chi connectivity index (χ3n) is 9.25. The first-order valence-electron chi connectivity index (χ1n) is 17.4. The predicted molar refractivity (Wildman–Crippen MR) is 188 cm³/mol. The summed E-state index contributed by atoms with van der Waals surface area (Å²) in [4.78, 5) is 37.8. The summed E-state index contributed by atoms with van der Waals surface area (Å²) in [5, 5.41) is 1.84. The van der Waals surface area contributed by atoms with E-state index in [1.165, 1.54) is 25.7 Å². The summed E-state index contributed by atoms with van der Waals surface area (Å²) in [7, 11) is 0. The molecule has 2 aromatic rings. The second-order valence-corrected chi connectivity index (χ2v) is 12.2. The molecule has 7 nitrogen and oxygen atoms in total. The van der Waals surface area contributed by atoms with Crippen LogP contribution in [0.1, 0.15) is 83.0 Å². The molecule has 1 aliphatic carbocycles. The number of carbonyl (C=O) groups excluding carboxylic acids is 2. The number of nitrogens with zero attached hydrogens (tertiary/aromatic N) is 4. The number of piperazine rings is 1. The highest BCUT2D eigenvalue weighted by atomic mass is 16.3. The maximum Gasteiger partial charge on any atom is 0.254 e. The van der Waals surface area contributed by atoms with Crippen LogP contribution in [0, 0.1) is 0 Å². The Hall–Kier alpha value is -4.13. The van der Waals surface area contributed by atoms with Crippen molar-refractivity contribution in [2.75, 3.05) is 50.7 Å². The lowest BCUT2D eigenvalue weighted by Gasteiger charge is -2.35. The van der Waals surface area contributed by atoms with Crippen LogP contribution in [-0.2, 0) is 4.79 Å². The normalized spacial score (nSPS) is 14.0. The lowest BCUT2D eigenvalue weighted by molar-refractivity contribution is -0.132. The molecule has 2 heterocycles. The Labute approximate surface area is 274 Å². The van der Waals surface area contributed by atoms with E-state index in [9.17, 15) is 9.59 Å². The first kappa shape index (κ1) is 33.2. The number of fused-ring (bicyclic) bond motifs is 2. The largest absolute Gasteiger partial charge is 0.456 e. The summed E-state index contributed by atoms with van der Waals surface area (Å²) in [6.45, 7) is 13.3. The van der Waals surface area contributed by atoms with E-state index >= 15 is 0 Å². The highest BCUT2D eigenvalue weighted by Gasteiger charge is 2.28. The first-order valence-corrected chi connectivity index (χ1v) is 17.4. The van der Waals surface area contributed by atoms with Gasteiger partial charge in [-0.25, -0.2) is 0 Å². The number of hydrogen-bond donors (Lipinski definition) is 0. The van der Waals surface area contributed by atoms with Gasteiger partial charge in [0.15, 0.2) is 0 Å². The molecule has 1 fully saturated rings. The van der Waals surface area contributed by atoms with Crippen LogP contribution in [0.5, 0.6) is 0 Å². The zero-order valence-electron chi connectivity index (χ0n) is 28.2. The van der Waals surface area contributed by atoms with Gasteiger partial charge in [-0.3, -0.25) is 14.6 Å². The van der Waals surface area contributed by atoms with Crippen molar-refractivity contribution in [1.29, 1.82) is 0 Å². The number of anilines is 1. The van der Waals surface area contributed by atoms with Gasteiger partial charge in [0.05, 0.1) is 5.36 Å². The number of hydrogen-bond acceptors (Lipinski definition) is 5. The number of rotatable bonds is 13. The van der Waals surface area contributed by atoms with E-state index in [-0.39, 0.29) is 11.8 Å². The molecule has 0 saturated carbocycles. The Morgan fingerprint density at radius 1 is 0.783 bits per heavy atom. The Morgan fingerprint density at radius 3 is 2.24 bits per heavy atom. The highest BCUT2D eigenvalue weighted by Crippen LogP contribution is 2.42. The molecular formula is C39H50N4O3. The lowest BCUT2D eigenvalue weighted by Crippen LogP contribution is -2.50. The van der Waals surface area contributed by atoms with Crippen molar-refractivity contribution >= 4 is 28.5 Å². The average Bonchev–Trinajstić information content (AvgIpc) is 3.09. The zero-order valence-corrected chi connectivity index (χ0v) is 28.2. The quantitative estimate of drug-likeness (QED) is 0.112. The maximum atomic E-state index is 14.2. The molecule has 0 unspecified atom stereocenters. The highest BCUT2D eigenvalue weighted by molar-refractivity contribution is 6.09. The Balaban J connectivity index is 1.44. The van der Waals surface area contributed by atoms with Gasteiger partial charge in [-0.1, -0.05) is 57.2 Å². The molecular weight excluding hydrogens is 572 g/mol. The fourth-order valence-electron chi connectivity index (χ4n) is 6.66. The Morgan fingerprint density at radius 2 is 1.50 bits per heavy atom. The second-order valence-electron chi connectivity index (χ2n) is 12.2. The molecule has 46 heavy (non-hydrogen) atoms. The van der Waals surface area contributed by atoms with Crippen molar-refractivity contribution in [3.63, 3.8) is 0 Å². The summed E-state index contributed by atoms with van der Waals surface area (Å²) in [6.07, 6.45) is 7.62. The molecule has 7 heteroatoms. The average molecular weight is 623 g/mol. The van der Waals surface area contributed by atoms with Crippen LogP contribution in [0.15, 0.2) is 70.1 Å². The molecule has 0 radical (unpaired) electrons. The van der Waals surface area contributed by atoms with Crippen LogP contribution in [0.4, 0.5) is 5.69 Å². The number of benzene rings is 3. The standard InChI is InChI=1S/C39H50N4O3/c1-5-9-10-11-12-13-18-37(44)42-23-25-43(26-24-42)39(45)32-17-15-14-16-31(32)38-33-21-19-29(40-6-2)27-35(33)46-36-28-30(20-22-34(36)38)41(7-3)8-4/h14-17,19-22,27-28H,5-13,18,23-26H2,1-4H3. The summed E-state index contributed by atoms with van der Waals surface area (Å²) in [5.41, 5.74) is 5.37. The molecule has 244 valence electrons. The van der Waals surface area contributed by atoms with Crippen LogP contribution in [-0.4, -0.2) is 67.4 Å². The monoisotopic (exact) mass is 622 g/mol. The zero-order chi connectivity index (χ0) is 32.5. The molecule has 5 rings (SSSR count). The molecule has 2 amide bonds. The Kier molecular flexibility index (Phi) is 11.5. The number of amides is 2. The van der Waals surface area contributed by atoms with Gasteiger partial charge >= 0.3 is 0 Å². The van der Waals surface area contributed by atoms with Crippen molar-refractivity contribution in [2.24, 2.45) is 4.99 Å². The van der Waals surface area contributed by atoms with Gasteiger partial charge in [0.2, 0.25) is 5.91 Å². The van der Waals surface area contributed by atoms with E-state index in [0.717, 1.165) is 70.4 Å². The van der Waals surface area contributed by atoms with Crippen LogP contribution in [0.2, 0.25) is 0 Å². The molecule has 2 aliphatic heterocycles. The summed E-state index contributed by atoms with van der Waals surface area (Å²) >= 11 is 0. The maximum absolute atomic E-state index is 14.2. The minimum Gasteiger partial charge on any atom is -0.456 e. The fourth-order valence-corrected chi connectivity index (χ4v) is 6.66. The molecule has 0 atom stereocenters. The Bertz CT molecular complexity index is 1660. The summed E-state index contributed by atoms with van der Waals surface area (Å²) in [5.74, 6) is 0.957. The summed E-state index contributed by atoms with van der Waals surface area (Å²) < 4.78 is 6.56. The van der Waals surface area contributed by atoms with E-state index in [4.69, 9.17) is 4.42 Å². The molecule has 0 N–H and O–H groups in total. The predicted octanol–water partition coefficient (Wildman–Crippen LogP) is 8.01. The van der Waals surface area contributed by atoms with Crippen molar-refractivity contribution < 1.29 is 14.0 Å². The van der Waals surface area contributed by atoms with Gasteiger partial charge in [-0.05, 0) is 63.1 Å². The van der Waals surface area contributed by atoms with E-state index in [1.54, 1.807) is 0 Å². The fraction of sp³-hybridized carbons (Fsp3) is 0.462. The van der Waals surface area contributed by atoms with E-state index in [1.807, 2.05) is 53.1 Å². The van der Waals surface area contributed by atoms with Crippen molar-refractivity contribution in [3.8, 4) is 22.5 Å². The van der Waals surface area contributed by atoms with Crippen molar-refractivity contribution in [1.82, 2.24) is 9.80 Å². The molecule has 0 aromatic heterocycles. The van der Waals surface area contributed by atoms with Gasteiger partial charge in [-0.15, -0.1) is 0 Å². The first-order chi connectivity index (χ1) is 22.5. The molecule has 1 saturated heterocycles. The van der Waals surface area contributed by atoms with E-state index in [2.05, 4.69) is 54.9 Å². The van der Waals surface area contributed by atoms with Crippen LogP contribution >= 0.6 is 0 Å². The SMILES string of the molecule is CCCCCCCCC(=O)N1CCN(C(=O)c2ccccc2-c2c3ccc(=NCC)cc-3oc3cc(N(CC)CC)ccc23)CC1. The second kappa shape index (κ2) is 15.9. The van der Waals surface area contributed by atoms with Gasteiger partial charge < -0.3 is 19.1 Å². The van der Waals surface area contributed by atoms with Crippen LogP contribution in [0.3, 0.4) is 0 Å². The third kappa shape index (κ3) is 7.46. The third-order valence-corrected chi connectivity index (χ3v) is 9.25. The smallest absolute Gasteiger partial charge is 0.254 e. The molecule has 0 spiro atoms. The number of unbranched alkanes of at least 4 members (excludes halogenated alkanes) is 5. The lowest BCUT2D eigenvalue weighted by atomic mass is 9.90.